The largest absolute Gasteiger partial charge is 0.449 e. The minimum atomic E-state index is -1.07. The van der Waals surface area contributed by atoms with Crippen molar-refractivity contribution < 1.29 is 19.1 Å². The summed E-state index contributed by atoms with van der Waals surface area (Å²) in [7, 11) is 0. The number of rotatable bonds is 2. The lowest BCUT2D eigenvalue weighted by molar-refractivity contribution is -0.143. The van der Waals surface area contributed by atoms with E-state index in [2.05, 4.69) is 5.32 Å². The van der Waals surface area contributed by atoms with Crippen molar-refractivity contribution in [2.24, 2.45) is 5.92 Å². The Hall–Kier alpha value is -1.59. The van der Waals surface area contributed by atoms with Crippen molar-refractivity contribution in [3.05, 3.63) is 0 Å². The molecule has 0 bridgehead atoms. The van der Waals surface area contributed by atoms with Crippen molar-refractivity contribution in [2.45, 2.75) is 33.2 Å². The maximum atomic E-state index is 11.8. The predicted molar refractivity (Wildman–Crippen MR) is 60.1 cm³/mol. The zero-order chi connectivity index (χ0) is 13.2. The number of carbonyl (C=O) groups excluding carboxylic acids is 3. The predicted octanol–water partition coefficient (Wildman–Crippen LogP) is 0.516. The van der Waals surface area contributed by atoms with Gasteiger partial charge in [0.2, 0.25) is 5.91 Å². The summed E-state index contributed by atoms with van der Waals surface area (Å²) in [5, 5.41) is 2.19. The Kier molecular flexibility index (Phi) is 3.75. The molecule has 0 unspecified atom stereocenters. The van der Waals surface area contributed by atoms with E-state index < -0.39 is 23.4 Å². The highest BCUT2D eigenvalue weighted by Crippen LogP contribution is 2.19. The van der Waals surface area contributed by atoms with Crippen LogP contribution in [0.3, 0.4) is 0 Å². The molecule has 0 radical (unpaired) electrons. The molecule has 0 aromatic rings. The Morgan fingerprint density at radius 2 is 2.06 bits per heavy atom. The average Bonchev–Trinajstić information content (AvgIpc) is 2.20. The number of piperazine rings is 1. The number of imide groups is 1. The van der Waals surface area contributed by atoms with E-state index >= 15 is 0 Å². The van der Waals surface area contributed by atoms with Crippen molar-refractivity contribution in [2.75, 3.05) is 13.2 Å². The first kappa shape index (κ1) is 13.5. The fourth-order valence-corrected chi connectivity index (χ4v) is 1.39. The minimum Gasteiger partial charge on any atom is -0.449 e. The molecule has 0 aromatic carbocycles. The normalized spacial score (nSPS) is 19.2. The highest BCUT2D eigenvalue weighted by molar-refractivity contribution is 6.05. The van der Waals surface area contributed by atoms with Crippen molar-refractivity contribution >= 4 is 17.9 Å². The lowest BCUT2D eigenvalue weighted by atomic mass is 9.99. The summed E-state index contributed by atoms with van der Waals surface area (Å²) in [6.45, 7) is 7.08. The summed E-state index contributed by atoms with van der Waals surface area (Å²) in [5.74, 6) is -0.776. The van der Waals surface area contributed by atoms with Crippen molar-refractivity contribution in [1.29, 1.82) is 0 Å². The summed E-state index contributed by atoms with van der Waals surface area (Å²) in [6, 6.07) is 0. The van der Waals surface area contributed by atoms with Gasteiger partial charge < -0.3 is 4.74 Å². The van der Waals surface area contributed by atoms with Crippen LogP contribution in [0, 0.1) is 5.92 Å². The third-order valence-electron chi connectivity index (χ3n) is 2.55. The molecule has 17 heavy (non-hydrogen) atoms. The number of hydrogen-bond acceptors (Lipinski definition) is 4. The van der Waals surface area contributed by atoms with Gasteiger partial charge in [-0.2, -0.15) is 0 Å². The SMILES string of the molecule is CC(C)COC(=O)N1CC(=O)NC(=O)C1(C)C. The maximum Gasteiger partial charge on any atom is 0.411 e. The van der Waals surface area contributed by atoms with Gasteiger partial charge in [-0.15, -0.1) is 0 Å². The number of ether oxygens (including phenoxy) is 1. The Labute approximate surface area is 100 Å². The molecule has 3 amide bonds. The number of nitrogens with zero attached hydrogens (tertiary/aromatic N) is 1. The molecule has 1 saturated heterocycles. The molecule has 0 atom stereocenters. The zero-order valence-corrected chi connectivity index (χ0v) is 10.6. The van der Waals surface area contributed by atoms with E-state index in [1.165, 1.54) is 0 Å². The van der Waals surface area contributed by atoms with Gasteiger partial charge in [-0.05, 0) is 19.8 Å². The standard InChI is InChI=1S/C11H18N2O4/c1-7(2)6-17-10(16)13-5-8(14)12-9(15)11(13,3)4/h7H,5-6H2,1-4H3,(H,12,14,15). The van der Waals surface area contributed by atoms with Crippen LogP contribution >= 0.6 is 0 Å². The van der Waals surface area contributed by atoms with E-state index in [1.54, 1.807) is 13.8 Å². The summed E-state index contributed by atoms with van der Waals surface area (Å²) >= 11 is 0. The number of amides is 3. The topological polar surface area (TPSA) is 75.7 Å². The Morgan fingerprint density at radius 1 is 1.47 bits per heavy atom. The van der Waals surface area contributed by atoms with Gasteiger partial charge in [-0.3, -0.25) is 19.8 Å². The average molecular weight is 242 g/mol. The van der Waals surface area contributed by atoms with Crippen molar-refractivity contribution in [1.82, 2.24) is 10.2 Å². The van der Waals surface area contributed by atoms with E-state index in [9.17, 15) is 14.4 Å². The second-order valence-electron chi connectivity index (χ2n) is 4.99. The van der Waals surface area contributed by atoms with E-state index in [4.69, 9.17) is 4.74 Å². The van der Waals surface area contributed by atoms with Gasteiger partial charge in [0, 0.05) is 0 Å². The molecule has 0 spiro atoms. The van der Waals surface area contributed by atoms with Crippen LogP contribution in [0.5, 0.6) is 0 Å². The molecular formula is C11H18N2O4. The van der Waals surface area contributed by atoms with E-state index in [0.717, 1.165) is 4.90 Å². The first-order valence-electron chi connectivity index (χ1n) is 5.54. The lowest BCUT2D eigenvalue weighted by Gasteiger charge is -2.39. The Balaban J connectivity index is 2.76. The maximum absolute atomic E-state index is 11.8. The van der Waals surface area contributed by atoms with Gasteiger partial charge in [0.1, 0.15) is 12.1 Å². The highest BCUT2D eigenvalue weighted by Gasteiger charge is 2.44. The molecule has 6 heteroatoms. The third-order valence-corrected chi connectivity index (χ3v) is 2.55. The van der Waals surface area contributed by atoms with Gasteiger partial charge in [-0.25, -0.2) is 4.79 Å². The zero-order valence-electron chi connectivity index (χ0n) is 10.6. The molecule has 1 aliphatic heterocycles. The van der Waals surface area contributed by atoms with Crippen molar-refractivity contribution in [3.63, 3.8) is 0 Å². The molecule has 96 valence electrons. The van der Waals surface area contributed by atoms with Crippen LogP contribution in [0.1, 0.15) is 27.7 Å². The number of hydrogen-bond donors (Lipinski definition) is 1. The second-order valence-corrected chi connectivity index (χ2v) is 4.99. The van der Waals surface area contributed by atoms with Crippen LogP contribution in [0.15, 0.2) is 0 Å². The molecule has 1 N–H and O–H groups in total. The number of nitrogens with one attached hydrogen (secondary N) is 1. The smallest absolute Gasteiger partial charge is 0.411 e. The summed E-state index contributed by atoms with van der Waals surface area (Å²) in [5.41, 5.74) is -1.07. The number of carbonyl (C=O) groups is 3. The van der Waals surface area contributed by atoms with Gasteiger partial charge in [0.25, 0.3) is 5.91 Å². The van der Waals surface area contributed by atoms with Crippen molar-refractivity contribution in [3.8, 4) is 0 Å². The summed E-state index contributed by atoms with van der Waals surface area (Å²) in [4.78, 5) is 35.8. The van der Waals surface area contributed by atoms with Crippen LogP contribution in [-0.4, -0.2) is 41.5 Å². The molecule has 6 nitrogen and oxygen atoms in total. The van der Waals surface area contributed by atoms with Crippen LogP contribution in [0.25, 0.3) is 0 Å². The highest BCUT2D eigenvalue weighted by atomic mass is 16.6. The first-order valence-corrected chi connectivity index (χ1v) is 5.54. The van der Waals surface area contributed by atoms with Crippen LogP contribution < -0.4 is 5.32 Å². The van der Waals surface area contributed by atoms with Crippen LogP contribution in [0.2, 0.25) is 0 Å². The van der Waals surface area contributed by atoms with Gasteiger partial charge in [0.05, 0.1) is 6.61 Å². The molecule has 0 saturated carbocycles. The molecule has 0 aromatic heterocycles. The van der Waals surface area contributed by atoms with Gasteiger partial charge in [-0.1, -0.05) is 13.8 Å². The van der Waals surface area contributed by atoms with E-state index in [0.29, 0.717) is 0 Å². The fraction of sp³-hybridized carbons (Fsp3) is 0.727. The summed E-state index contributed by atoms with van der Waals surface area (Å²) in [6.07, 6.45) is -0.632. The molecular weight excluding hydrogens is 224 g/mol. The van der Waals surface area contributed by atoms with Crippen LogP contribution in [0.4, 0.5) is 4.79 Å². The molecule has 1 heterocycles. The first-order chi connectivity index (χ1) is 7.75. The second kappa shape index (κ2) is 4.73. The van der Waals surface area contributed by atoms with Crippen LogP contribution in [-0.2, 0) is 14.3 Å². The van der Waals surface area contributed by atoms with E-state index in [1.807, 2.05) is 13.8 Å². The Bertz CT molecular complexity index is 349. The fourth-order valence-electron chi connectivity index (χ4n) is 1.39. The molecule has 0 aliphatic carbocycles. The quantitative estimate of drug-likeness (QED) is 0.716. The Morgan fingerprint density at radius 3 is 2.59 bits per heavy atom. The molecule has 1 rings (SSSR count). The monoisotopic (exact) mass is 242 g/mol. The van der Waals surface area contributed by atoms with Gasteiger partial charge >= 0.3 is 6.09 Å². The lowest BCUT2D eigenvalue weighted by Crippen LogP contribution is -2.65. The van der Waals surface area contributed by atoms with Gasteiger partial charge in [0.15, 0.2) is 0 Å². The minimum absolute atomic E-state index is 0.157. The van der Waals surface area contributed by atoms with E-state index in [-0.39, 0.29) is 19.1 Å². The third kappa shape index (κ3) is 2.95. The molecule has 1 fully saturated rings. The summed E-state index contributed by atoms with van der Waals surface area (Å²) < 4.78 is 5.03. The molecule has 1 aliphatic rings.